The summed E-state index contributed by atoms with van der Waals surface area (Å²) < 4.78 is 2.57. The average Bonchev–Trinajstić information content (AvgIpc) is 2.61. The van der Waals surface area contributed by atoms with Gasteiger partial charge < -0.3 is 5.11 Å². The third kappa shape index (κ3) is 2.28. The normalized spacial score (nSPS) is 10.4. The minimum Gasteiger partial charge on any atom is -0.480 e. The standard InChI is InChI=1S/C12H12N2O3/c1-9-2-4-10(5-3-9)14-7-6-13(12(14)17)8-11(15)16/h2-7H,8H2,1H3,(H,15,16). The Morgan fingerprint density at radius 1 is 1.24 bits per heavy atom. The number of aromatic nitrogens is 2. The monoisotopic (exact) mass is 232 g/mol. The lowest BCUT2D eigenvalue weighted by molar-refractivity contribution is -0.137. The summed E-state index contributed by atoms with van der Waals surface area (Å²) >= 11 is 0. The highest BCUT2D eigenvalue weighted by Crippen LogP contribution is 2.06. The predicted octanol–water partition coefficient (Wildman–Crippen LogP) is 1.03. The number of aryl methyl sites for hydroxylation is 1. The molecule has 2 rings (SSSR count). The Bertz CT molecular complexity index is 593. The van der Waals surface area contributed by atoms with Crippen LogP contribution in [0.2, 0.25) is 0 Å². The summed E-state index contributed by atoms with van der Waals surface area (Å²) in [6, 6.07) is 7.44. The van der Waals surface area contributed by atoms with Crippen LogP contribution in [0.1, 0.15) is 5.56 Å². The first kappa shape index (κ1) is 11.2. The molecule has 2 aromatic rings. The van der Waals surface area contributed by atoms with Crippen LogP contribution in [-0.2, 0) is 11.3 Å². The van der Waals surface area contributed by atoms with Gasteiger partial charge in [0.15, 0.2) is 0 Å². The number of hydrogen-bond acceptors (Lipinski definition) is 2. The number of imidazole rings is 1. The number of carboxylic acid groups (broad SMARTS) is 1. The first-order valence-electron chi connectivity index (χ1n) is 5.14. The minimum absolute atomic E-state index is 0.322. The van der Waals surface area contributed by atoms with Gasteiger partial charge in [0.1, 0.15) is 6.54 Å². The Kier molecular flexibility index (Phi) is 2.82. The summed E-state index contributed by atoms with van der Waals surface area (Å²) in [7, 11) is 0. The SMILES string of the molecule is Cc1ccc(-n2ccn(CC(=O)O)c2=O)cc1. The second-order valence-electron chi connectivity index (χ2n) is 3.81. The second-order valence-corrected chi connectivity index (χ2v) is 3.81. The molecule has 0 spiro atoms. The number of carboxylic acids is 1. The molecule has 1 heterocycles. The quantitative estimate of drug-likeness (QED) is 0.859. The van der Waals surface area contributed by atoms with Crippen LogP contribution in [-0.4, -0.2) is 20.2 Å². The molecule has 0 aliphatic carbocycles. The summed E-state index contributed by atoms with van der Waals surface area (Å²) in [4.78, 5) is 22.4. The molecule has 1 aromatic heterocycles. The first-order valence-corrected chi connectivity index (χ1v) is 5.14. The maximum atomic E-state index is 11.9. The van der Waals surface area contributed by atoms with Crippen molar-refractivity contribution in [3.8, 4) is 5.69 Å². The van der Waals surface area contributed by atoms with Crippen LogP contribution in [0.4, 0.5) is 0 Å². The average molecular weight is 232 g/mol. The van der Waals surface area contributed by atoms with Crippen LogP contribution < -0.4 is 5.69 Å². The zero-order valence-corrected chi connectivity index (χ0v) is 9.33. The van der Waals surface area contributed by atoms with Crippen molar-refractivity contribution in [2.24, 2.45) is 0 Å². The van der Waals surface area contributed by atoms with Gasteiger partial charge in [-0.25, -0.2) is 4.79 Å². The Balaban J connectivity index is 2.40. The van der Waals surface area contributed by atoms with Gasteiger partial charge >= 0.3 is 11.7 Å². The summed E-state index contributed by atoms with van der Waals surface area (Å²) in [5.41, 5.74) is 1.48. The van der Waals surface area contributed by atoms with Gasteiger partial charge in [-0.1, -0.05) is 17.7 Å². The fraction of sp³-hybridized carbons (Fsp3) is 0.167. The van der Waals surface area contributed by atoms with Gasteiger partial charge in [0.05, 0.1) is 5.69 Å². The molecule has 0 bridgehead atoms. The van der Waals surface area contributed by atoms with E-state index in [4.69, 9.17) is 5.11 Å². The number of nitrogens with zero attached hydrogens (tertiary/aromatic N) is 2. The summed E-state index contributed by atoms with van der Waals surface area (Å²) in [5, 5.41) is 8.64. The van der Waals surface area contributed by atoms with E-state index in [0.29, 0.717) is 0 Å². The molecule has 1 N–H and O–H groups in total. The van der Waals surface area contributed by atoms with E-state index in [1.54, 1.807) is 6.20 Å². The molecule has 0 amide bonds. The molecular formula is C12H12N2O3. The third-order valence-electron chi connectivity index (χ3n) is 2.47. The van der Waals surface area contributed by atoms with Crippen molar-refractivity contribution in [1.82, 2.24) is 9.13 Å². The number of benzene rings is 1. The van der Waals surface area contributed by atoms with Crippen molar-refractivity contribution in [3.63, 3.8) is 0 Å². The van der Waals surface area contributed by atoms with Crippen molar-refractivity contribution in [1.29, 1.82) is 0 Å². The van der Waals surface area contributed by atoms with Gasteiger partial charge in [0.2, 0.25) is 0 Å². The van der Waals surface area contributed by atoms with Gasteiger partial charge in [-0.3, -0.25) is 13.9 Å². The van der Waals surface area contributed by atoms with Gasteiger partial charge in [0, 0.05) is 12.4 Å². The first-order chi connectivity index (χ1) is 8.08. The maximum Gasteiger partial charge on any atom is 0.333 e. The fourth-order valence-corrected chi connectivity index (χ4v) is 1.58. The van der Waals surface area contributed by atoms with Crippen molar-refractivity contribution < 1.29 is 9.90 Å². The summed E-state index contributed by atoms with van der Waals surface area (Å²) in [6.45, 7) is 1.64. The van der Waals surface area contributed by atoms with Crippen LogP contribution in [0.15, 0.2) is 41.5 Å². The van der Waals surface area contributed by atoms with Crippen LogP contribution in [0, 0.1) is 6.92 Å². The summed E-state index contributed by atoms with van der Waals surface area (Å²) in [5.74, 6) is -1.03. The number of hydrogen-bond donors (Lipinski definition) is 1. The highest BCUT2D eigenvalue weighted by atomic mass is 16.4. The molecule has 0 radical (unpaired) electrons. The van der Waals surface area contributed by atoms with Crippen molar-refractivity contribution >= 4 is 5.97 Å². The Labute approximate surface area is 97.5 Å². The molecule has 5 nitrogen and oxygen atoms in total. The lowest BCUT2D eigenvalue weighted by Gasteiger charge is -2.01. The number of carbonyl (C=O) groups is 1. The smallest absolute Gasteiger partial charge is 0.333 e. The molecule has 0 aliphatic rings. The highest BCUT2D eigenvalue weighted by Gasteiger charge is 2.07. The number of rotatable bonds is 3. The summed E-state index contributed by atoms with van der Waals surface area (Å²) in [6.07, 6.45) is 3.03. The van der Waals surface area contributed by atoms with E-state index in [9.17, 15) is 9.59 Å². The van der Waals surface area contributed by atoms with Crippen molar-refractivity contribution in [2.45, 2.75) is 13.5 Å². The molecule has 0 fully saturated rings. The van der Waals surface area contributed by atoms with E-state index in [1.165, 1.54) is 10.8 Å². The molecule has 0 atom stereocenters. The van der Waals surface area contributed by atoms with Crippen LogP contribution in [0.3, 0.4) is 0 Å². The van der Waals surface area contributed by atoms with Gasteiger partial charge in [0.25, 0.3) is 0 Å². The minimum atomic E-state index is -1.03. The molecule has 17 heavy (non-hydrogen) atoms. The number of aliphatic carboxylic acids is 1. The molecule has 0 saturated heterocycles. The Hall–Kier alpha value is -2.30. The maximum absolute atomic E-state index is 11.9. The Morgan fingerprint density at radius 3 is 2.47 bits per heavy atom. The van der Waals surface area contributed by atoms with Gasteiger partial charge in [-0.2, -0.15) is 0 Å². The van der Waals surface area contributed by atoms with E-state index < -0.39 is 5.97 Å². The molecule has 0 unspecified atom stereocenters. The second kappa shape index (κ2) is 4.29. The third-order valence-corrected chi connectivity index (χ3v) is 2.47. The zero-order chi connectivity index (χ0) is 12.4. The van der Waals surface area contributed by atoms with Gasteiger partial charge in [-0.15, -0.1) is 0 Å². The Morgan fingerprint density at radius 2 is 1.88 bits per heavy atom. The molecule has 1 aromatic carbocycles. The lowest BCUT2D eigenvalue weighted by Crippen LogP contribution is -2.25. The van der Waals surface area contributed by atoms with Crippen molar-refractivity contribution in [2.75, 3.05) is 0 Å². The van der Waals surface area contributed by atoms with E-state index in [1.807, 2.05) is 31.2 Å². The zero-order valence-electron chi connectivity index (χ0n) is 9.33. The van der Waals surface area contributed by atoms with E-state index in [2.05, 4.69) is 0 Å². The van der Waals surface area contributed by atoms with Crippen LogP contribution >= 0.6 is 0 Å². The van der Waals surface area contributed by atoms with Gasteiger partial charge in [-0.05, 0) is 19.1 Å². The fourth-order valence-electron chi connectivity index (χ4n) is 1.58. The van der Waals surface area contributed by atoms with E-state index >= 15 is 0 Å². The highest BCUT2D eigenvalue weighted by molar-refractivity contribution is 5.66. The molecule has 0 aliphatic heterocycles. The molecule has 88 valence electrons. The van der Waals surface area contributed by atoms with E-state index in [0.717, 1.165) is 15.8 Å². The van der Waals surface area contributed by atoms with E-state index in [-0.39, 0.29) is 12.2 Å². The van der Waals surface area contributed by atoms with Crippen LogP contribution in [0.5, 0.6) is 0 Å². The lowest BCUT2D eigenvalue weighted by atomic mass is 10.2. The van der Waals surface area contributed by atoms with Crippen molar-refractivity contribution in [3.05, 3.63) is 52.7 Å². The largest absolute Gasteiger partial charge is 0.480 e. The predicted molar refractivity (Wildman–Crippen MR) is 62.4 cm³/mol. The topological polar surface area (TPSA) is 64.2 Å². The molecule has 5 heteroatoms. The molecule has 0 saturated carbocycles. The van der Waals surface area contributed by atoms with Crippen LogP contribution in [0.25, 0.3) is 5.69 Å². The molecular weight excluding hydrogens is 220 g/mol.